The number of hydrogen-bond acceptors (Lipinski definition) is 6. The number of halogens is 2. The molecule has 224 valence electrons. The van der Waals surface area contributed by atoms with Gasteiger partial charge in [-0.25, -0.2) is 17.6 Å². The maximum absolute atomic E-state index is 14.5. The monoisotopic (exact) mass is 617 g/mol. The molecule has 3 aromatic rings. The van der Waals surface area contributed by atoms with Crippen LogP contribution in [-0.2, 0) is 21.4 Å². The third-order valence-electron chi connectivity index (χ3n) is 7.33. The van der Waals surface area contributed by atoms with Crippen LogP contribution in [0.3, 0.4) is 0 Å². The molecule has 7 nitrogen and oxygen atoms in total. The van der Waals surface area contributed by atoms with Gasteiger partial charge in [0.05, 0.1) is 16.9 Å². The average molecular weight is 618 g/mol. The number of benzene rings is 3. The predicted octanol–water partition coefficient (Wildman–Crippen LogP) is 7.12. The Bertz CT molecular complexity index is 1540. The van der Waals surface area contributed by atoms with Crippen LogP contribution in [0.4, 0.5) is 8.78 Å². The number of nitrogens with zero attached hydrogens (tertiary/aromatic N) is 1. The molecule has 1 N–H and O–H groups in total. The van der Waals surface area contributed by atoms with E-state index in [-0.39, 0.29) is 23.2 Å². The van der Waals surface area contributed by atoms with Crippen molar-refractivity contribution in [1.29, 1.82) is 0 Å². The summed E-state index contributed by atoms with van der Waals surface area (Å²) in [6.07, 6.45) is 4.94. The molecule has 11 heteroatoms. The summed E-state index contributed by atoms with van der Waals surface area (Å²) in [7, 11) is -2.60. The van der Waals surface area contributed by atoms with Crippen LogP contribution in [0.5, 0.6) is 11.5 Å². The van der Waals surface area contributed by atoms with Gasteiger partial charge in [-0.15, -0.1) is 11.8 Å². The molecule has 0 saturated heterocycles. The van der Waals surface area contributed by atoms with Gasteiger partial charge in [0, 0.05) is 24.6 Å². The zero-order valence-corrected chi connectivity index (χ0v) is 25.2. The molecule has 42 heavy (non-hydrogen) atoms. The van der Waals surface area contributed by atoms with E-state index < -0.39 is 33.6 Å². The van der Waals surface area contributed by atoms with Crippen LogP contribution in [0.2, 0.25) is 0 Å². The van der Waals surface area contributed by atoms with Crippen molar-refractivity contribution in [2.45, 2.75) is 60.9 Å². The number of carboxylic acid groups (broad SMARTS) is 1. The highest BCUT2D eigenvalue weighted by molar-refractivity contribution is 7.98. The van der Waals surface area contributed by atoms with Crippen LogP contribution in [0.1, 0.15) is 55.2 Å². The fourth-order valence-corrected chi connectivity index (χ4v) is 7.61. The molecule has 0 spiro atoms. The zero-order valence-electron chi connectivity index (χ0n) is 23.5. The summed E-state index contributed by atoms with van der Waals surface area (Å²) in [5, 5.41) is 8.92. The van der Waals surface area contributed by atoms with Gasteiger partial charge in [0.2, 0.25) is 15.9 Å². The average Bonchev–Trinajstić information content (AvgIpc) is 3.07. The van der Waals surface area contributed by atoms with Crippen molar-refractivity contribution in [1.82, 2.24) is 4.31 Å². The molecule has 2 atom stereocenters. The molecule has 0 bridgehead atoms. The van der Waals surface area contributed by atoms with Gasteiger partial charge in [-0.05, 0) is 66.1 Å². The molecule has 0 radical (unpaired) electrons. The summed E-state index contributed by atoms with van der Waals surface area (Å²) < 4.78 is 69.0. The number of carboxylic acids is 1. The van der Waals surface area contributed by atoms with E-state index in [0.717, 1.165) is 24.0 Å². The molecule has 0 amide bonds. The van der Waals surface area contributed by atoms with Gasteiger partial charge >= 0.3 is 5.97 Å². The lowest BCUT2D eigenvalue weighted by atomic mass is 9.84. The molecule has 0 saturated carbocycles. The first kappa shape index (κ1) is 31.5. The summed E-state index contributed by atoms with van der Waals surface area (Å²) in [4.78, 5) is 11.5. The highest BCUT2D eigenvalue weighted by Gasteiger charge is 2.40. The minimum Gasteiger partial charge on any atom is -0.497 e. The quantitative estimate of drug-likeness (QED) is 0.139. The number of sulfonamides is 1. The zero-order chi connectivity index (χ0) is 30.4. The third kappa shape index (κ3) is 6.96. The number of rotatable bonds is 11. The molecular formula is C31H33F2NO6S2. The lowest BCUT2D eigenvalue weighted by Gasteiger charge is -2.30. The van der Waals surface area contributed by atoms with Gasteiger partial charge in [0.1, 0.15) is 23.6 Å². The van der Waals surface area contributed by atoms with Gasteiger partial charge in [0.25, 0.3) is 0 Å². The molecule has 0 aliphatic carbocycles. The number of fused-ring (bicyclic) bond motifs is 1. The van der Waals surface area contributed by atoms with Crippen LogP contribution < -0.4 is 9.47 Å². The standard InChI is InChI=1S/C31H33F2NO6S2/c1-4-5-6-23-15-25(21-9-11-22(32)12-10-21)26-16-29(41-3)28(40-19-27(33)31(35)36)17-30(26)42(37,38)34(23)18-20-7-13-24(39-2)14-8-20/h7-14,16-17,19,23,25H,4-6,15,18H2,1-3H3,(H,35,36)/b27-19-. The fourth-order valence-electron chi connectivity index (χ4n) is 5.15. The highest BCUT2D eigenvalue weighted by atomic mass is 32.2. The first-order chi connectivity index (χ1) is 20.1. The predicted molar refractivity (Wildman–Crippen MR) is 158 cm³/mol. The van der Waals surface area contributed by atoms with E-state index in [1.165, 1.54) is 34.3 Å². The van der Waals surface area contributed by atoms with E-state index in [1.54, 1.807) is 43.7 Å². The Hall–Kier alpha value is -3.41. The summed E-state index contributed by atoms with van der Waals surface area (Å²) in [5.41, 5.74) is 2.05. The van der Waals surface area contributed by atoms with Crippen molar-refractivity contribution in [2.24, 2.45) is 0 Å². The molecule has 1 heterocycles. The summed E-state index contributed by atoms with van der Waals surface area (Å²) in [6, 6.07) is 15.9. The normalized spacial score (nSPS) is 18.6. The SMILES string of the molecule is CCCCC1CC(c2ccc(F)cc2)c2cc(SC)c(O/C=C(\F)C(=O)O)cc2S(=O)(=O)N1Cc1ccc(OC)cc1. The maximum Gasteiger partial charge on any atom is 0.368 e. The molecule has 2 unspecified atom stereocenters. The summed E-state index contributed by atoms with van der Waals surface area (Å²) in [6.45, 7) is 2.15. The van der Waals surface area contributed by atoms with Crippen molar-refractivity contribution in [3.05, 3.63) is 95.3 Å². The maximum atomic E-state index is 14.5. The molecule has 1 aliphatic rings. The second-order valence-corrected chi connectivity index (χ2v) is 12.7. The van der Waals surface area contributed by atoms with E-state index in [0.29, 0.717) is 35.3 Å². The van der Waals surface area contributed by atoms with Gasteiger partial charge in [-0.3, -0.25) is 0 Å². The summed E-state index contributed by atoms with van der Waals surface area (Å²) in [5.74, 6) is -3.46. The Labute approximate surface area is 249 Å². The third-order valence-corrected chi connectivity index (χ3v) is 10.0. The molecule has 0 fully saturated rings. The number of ether oxygens (including phenoxy) is 2. The molecule has 1 aliphatic heterocycles. The van der Waals surface area contributed by atoms with E-state index in [9.17, 15) is 22.0 Å². The number of methoxy groups -OCH3 is 1. The van der Waals surface area contributed by atoms with Crippen LogP contribution in [0.25, 0.3) is 0 Å². The Balaban J connectivity index is 1.93. The van der Waals surface area contributed by atoms with E-state index in [1.807, 2.05) is 19.1 Å². The molecular weight excluding hydrogens is 584 g/mol. The lowest BCUT2D eigenvalue weighted by Crippen LogP contribution is -2.39. The first-order valence-corrected chi connectivity index (χ1v) is 16.1. The van der Waals surface area contributed by atoms with Crippen molar-refractivity contribution in [3.8, 4) is 11.5 Å². The van der Waals surface area contributed by atoms with Gasteiger partial charge < -0.3 is 14.6 Å². The van der Waals surface area contributed by atoms with E-state index in [4.69, 9.17) is 14.6 Å². The molecule has 4 rings (SSSR count). The Morgan fingerprint density at radius 1 is 1.14 bits per heavy atom. The number of carbonyl (C=O) groups is 1. The van der Waals surface area contributed by atoms with Crippen LogP contribution in [-0.4, -0.2) is 43.2 Å². The van der Waals surface area contributed by atoms with E-state index in [2.05, 4.69) is 0 Å². The number of aliphatic carboxylic acids is 1. The lowest BCUT2D eigenvalue weighted by molar-refractivity contribution is -0.134. The van der Waals surface area contributed by atoms with Crippen molar-refractivity contribution >= 4 is 27.8 Å². The topological polar surface area (TPSA) is 93.1 Å². The van der Waals surface area contributed by atoms with Gasteiger partial charge in [-0.1, -0.05) is 44.0 Å². The number of thioether (sulfide) groups is 1. The van der Waals surface area contributed by atoms with Crippen LogP contribution >= 0.6 is 11.8 Å². The van der Waals surface area contributed by atoms with Crippen molar-refractivity contribution < 1.29 is 36.6 Å². The minimum absolute atomic E-state index is 0.00971. The number of unbranched alkanes of at least 4 members (excludes halogenated alkanes) is 1. The number of hydrogen-bond donors (Lipinski definition) is 1. The summed E-state index contributed by atoms with van der Waals surface area (Å²) >= 11 is 1.25. The molecule has 3 aromatic carbocycles. The smallest absolute Gasteiger partial charge is 0.368 e. The van der Waals surface area contributed by atoms with Crippen molar-refractivity contribution in [2.75, 3.05) is 13.4 Å². The fraction of sp³-hybridized carbons (Fsp3) is 0.323. The second kappa shape index (κ2) is 13.7. The van der Waals surface area contributed by atoms with Crippen LogP contribution in [0, 0.1) is 5.82 Å². The second-order valence-electron chi connectivity index (χ2n) is 9.96. The van der Waals surface area contributed by atoms with Crippen molar-refractivity contribution in [3.63, 3.8) is 0 Å². The van der Waals surface area contributed by atoms with E-state index >= 15 is 0 Å². The molecule has 0 aromatic heterocycles. The Morgan fingerprint density at radius 3 is 2.43 bits per heavy atom. The first-order valence-electron chi connectivity index (χ1n) is 13.5. The highest BCUT2D eigenvalue weighted by Crippen LogP contribution is 2.45. The Kier molecular flexibility index (Phi) is 10.3. The minimum atomic E-state index is -4.16. The van der Waals surface area contributed by atoms with Gasteiger partial charge in [-0.2, -0.15) is 8.70 Å². The Morgan fingerprint density at radius 2 is 1.83 bits per heavy atom. The van der Waals surface area contributed by atoms with Crippen LogP contribution in [0.15, 0.2) is 82.5 Å². The van der Waals surface area contributed by atoms with Gasteiger partial charge in [0.15, 0.2) is 0 Å². The largest absolute Gasteiger partial charge is 0.497 e.